The number of hydrogen-bond acceptors (Lipinski definition) is 8. The predicted octanol–water partition coefficient (Wildman–Crippen LogP) is 18.0. The van der Waals surface area contributed by atoms with Gasteiger partial charge in [-0.05, 0) is 231 Å². The van der Waals surface area contributed by atoms with Crippen LogP contribution in [0.15, 0.2) is 140 Å². The molecule has 77 heavy (non-hydrogen) atoms. The highest BCUT2D eigenvalue weighted by Crippen LogP contribution is 2.46. The second kappa shape index (κ2) is 41.3. The molecule has 1 heterocycles. The Kier molecular flexibility index (Phi) is 38.3. The lowest BCUT2D eigenvalue weighted by atomic mass is 9.99. The summed E-state index contributed by atoms with van der Waals surface area (Å²) < 4.78 is 27.0. The van der Waals surface area contributed by atoms with Crippen LogP contribution in [-0.2, 0) is 23.1 Å². The van der Waals surface area contributed by atoms with E-state index in [1.165, 1.54) is 74.1 Å². The van der Waals surface area contributed by atoms with E-state index >= 15 is 0 Å². The van der Waals surface area contributed by atoms with Gasteiger partial charge in [0, 0.05) is 0 Å². The number of carboxylic acids is 1. The van der Waals surface area contributed by atoms with Gasteiger partial charge >= 0.3 is 13.8 Å². The summed E-state index contributed by atoms with van der Waals surface area (Å²) in [4.78, 5) is 21.3. The number of aliphatic hydroxyl groups excluding tert-OH is 3. The van der Waals surface area contributed by atoms with Crippen molar-refractivity contribution in [2.24, 2.45) is 0 Å². The molecule has 0 bridgehead atoms. The highest BCUT2D eigenvalue weighted by molar-refractivity contribution is 7.47. The monoisotopic (exact) mass is 1090 g/mol. The van der Waals surface area contributed by atoms with Crippen LogP contribution in [0.5, 0.6) is 0 Å². The number of ether oxygens (including phenoxy) is 1. The van der Waals surface area contributed by atoms with Gasteiger partial charge in [0.2, 0.25) is 0 Å². The molecular weight excluding hydrogens is 984 g/mol. The molecular formula is C66H107O10P. The molecule has 10 nitrogen and oxygen atoms in total. The van der Waals surface area contributed by atoms with Crippen molar-refractivity contribution in [2.45, 2.75) is 262 Å². The molecule has 0 aromatic carbocycles. The minimum Gasteiger partial charge on any atom is -0.479 e. The van der Waals surface area contributed by atoms with Gasteiger partial charge in [0.15, 0.2) is 12.4 Å². The molecule has 1 saturated heterocycles. The van der Waals surface area contributed by atoms with Crippen LogP contribution < -0.4 is 0 Å². The van der Waals surface area contributed by atoms with Gasteiger partial charge in [0.05, 0.1) is 6.61 Å². The molecule has 0 spiro atoms. The zero-order chi connectivity index (χ0) is 57.8. The molecule has 0 amide bonds. The Hall–Kier alpha value is -3.70. The van der Waals surface area contributed by atoms with Gasteiger partial charge in [-0.2, -0.15) is 0 Å². The largest absolute Gasteiger partial charge is 0.479 e. The lowest BCUT2D eigenvalue weighted by Crippen LogP contribution is -2.60. The molecule has 1 rings (SSSR count). The van der Waals surface area contributed by atoms with Crippen molar-refractivity contribution >= 4 is 13.8 Å². The number of phosphoric ester groups is 1. The Morgan fingerprint density at radius 3 is 0.857 bits per heavy atom. The van der Waals surface area contributed by atoms with Gasteiger partial charge in [0.1, 0.15) is 18.3 Å². The number of aliphatic carboxylic acids is 1. The van der Waals surface area contributed by atoms with E-state index in [1.54, 1.807) is 6.08 Å². The van der Waals surface area contributed by atoms with Crippen molar-refractivity contribution in [3.63, 3.8) is 0 Å². The third kappa shape index (κ3) is 37.0. The smallest absolute Gasteiger partial charge is 0.474 e. The fourth-order valence-electron chi connectivity index (χ4n) is 8.75. The van der Waals surface area contributed by atoms with E-state index in [-0.39, 0.29) is 6.61 Å². The van der Waals surface area contributed by atoms with E-state index in [4.69, 9.17) is 18.9 Å². The van der Waals surface area contributed by atoms with Crippen molar-refractivity contribution in [3.8, 4) is 0 Å². The number of rotatable bonds is 39. The van der Waals surface area contributed by atoms with E-state index in [0.29, 0.717) is 6.42 Å². The summed E-state index contributed by atoms with van der Waals surface area (Å²) in [7, 11) is -4.81. The number of carboxylic acid groups (broad SMARTS) is 1. The first-order valence-corrected chi connectivity index (χ1v) is 30.3. The van der Waals surface area contributed by atoms with Crippen LogP contribution in [0.4, 0.5) is 0 Å². The molecule has 6 atom stereocenters. The van der Waals surface area contributed by atoms with Crippen LogP contribution in [-0.4, -0.2) is 68.6 Å². The third-order valence-corrected chi connectivity index (χ3v) is 15.1. The number of phosphoric acid groups is 1. The molecule has 0 aromatic rings. The summed E-state index contributed by atoms with van der Waals surface area (Å²) in [5.41, 5.74) is 17.0. The molecule has 0 aliphatic carbocycles. The molecule has 1 fully saturated rings. The van der Waals surface area contributed by atoms with E-state index in [1.807, 2.05) is 6.92 Å². The van der Waals surface area contributed by atoms with Crippen LogP contribution >= 0.6 is 7.82 Å². The highest BCUT2D eigenvalue weighted by Gasteiger charge is 2.49. The Morgan fingerprint density at radius 2 is 0.623 bits per heavy atom. The van der Waals surface area contributed by atoms with Crippen molar-refractivity contribution in [1.29, 1.82) is 0 Å². The third-order valence-electron chi connectivity index (χ3n) is 14.1. The number of hydrogen-bond donors (Lipinski definition) is 5. The van der Waals surface area contributed by atoms with Crippen molar-refractivity contribution in [2.75, 3.05) is 6.61 Å². The van der Waals surface area contributed by atoms with Crippen LogP contribution in [0.25, 0.3) is 0 Å². The summed E-state index contributed by atoms with van der Waals surface area (Å²) in [5.74, 6) is -1.64. The Balaban J connectivity index is 2.27. The van der Waals surface area contributed by atoms with Gasteiger partial charge < -0.3 is 30.1 Å². The standard InChI is InChI=1S/C66H107O10P/c1-49(2)25-14-26-50(3)27-15-28-51(4)29-16-30-52(5)31-17-32-53(6)33-18-34-54(7)35-19-36-55(8)37-20-38-56(9)39-21-40-57(10)41-22-42-58(11)43-23-44-59(12)45-24-46-60(13)47-48-74-77(72,73)76-66-63(69)61(67)62(68)64(75-66)65(70)71/h25,27,29,31,33,35,37,39,41,43,45,47,61-64,66-69H,14-24,26,28,30,32,34,36,38,40,42,44,46,48H2,1-13H3,(H,70,71)(H,72,73)/b50-27+,51-29+,52-31-,53-33-,54-35-,55-37-,56-39-,57-41-,58-43-,59-45-,60-47-/t61-,62+,63+,64-,66-/m0/s1. The zero-order valence-corrected chi connectivity index (χ0v) is 51.2. The maximum absolute atomic E-state index is 12.4. The highest BCUT2D eigenvalue weighted by atomic mass is 31.2. The van der Waals surface area contributed by atoms with E-state index < -0.39 is 44.5 Å². The second-order valence-electron chi connectivity index (χ2n) is 22.4. The van der Waals surface area contributed by atoms with E-state index in [0.717, 1.165) is 128 Å². The summed E-state index contributed by atoms with van der Waals surface area (Å²) in [6, 6.07) is 0. The first kappa shape index (κ1) is 71.3. The summed E-state index contributed by atoms with van der Waals surface area (Å²) in [6.07, 6.45) is 41.9. The quantitative estimate of drug-likeness (QED) is 0.0296. The number of carbonyl (C=O) groups is 1. The fraction of sp³-hybridized carbons (Fsp3) is 0.621. The van der Waals surface area contributed by atoms with Crippen molar-refractivity contribution < 1.29 is 48.5 Å². The maximum atomic E-state index is 12.4. The molecule has 1 unspecified atom stereocenters. The Morgan fingerprint density at radius 1 is 0.390 bits per heavy atom. The Bertz CT molecular complexity index is 2190. The second-order valence-corrected chi connectivity index (χ2v) is 23.8. The number of aliphatic hydroxyl groups is 3. The minimum atomic E-state index is -4.81. The fourth-order valence-corrected chi connectivity index (χ4v) is 9.51. The van der Waals surface area contributed by atoms with Crippen LogP contribution in [0.1, 0.15) is 231 Å². The van der Waals surface area contributed by atoms with Crippen LogP contribution in [0.2, 0.25) is 0 Å². The Labute approximate surface area is 468 Å². The van der Waals surface area contributed by atoms with Crippen LogP contribution in [0, 0.1) is 0 Å². The van der Waals surface area contributed by atoms with E-state index in [9.17, 15) is 29.6 Å². The average Bonchev–Trinajstić information content (AvgIpc) is 3.33. The zero-order valence-electron chi connectivity index (χ0n) is 50.3. The minimum absolute atomic E-state index is 0.278. The van der Waals surface area contributed by atoms with Crippen molar-refractivity contribution in [1.82, 2.24) is 0 Å². The lowest BCUT2D eigenvalue weighted by molar-refractivity contribution is -0.274. The first-order chi connectivity index (χ1) is 36.4. The normalized spacial score (nSPS) is 21.2. The molecule has 0 saturated carbocycles. The molecule has 1 aliphatic rings. The predicted molar refractivity (Wildman–Crippen MR) is 324 cm³/mol. The van der Waals surface area contributed by atoms with Crippen LogP contribution in [0.3, 0.4) is 0 Å². The average molecular weight is 1090 g/mol. The van der Waals surface area contributed by atoms with Gasteiger partial charge in [-0.15, -0.1) is 0 Å². The van der Waals surface area contributed by atoms with Gasteiger partial charge in [-0.3, -0.25) is 9.05 Å². The lowest BCUT2D eigenvalue weighted by Gasteiger charge is -2.38. The van der Waals surface area contributed by atoms with Gasteiger partial charge in [-0.25, -0.2) is 9.36 Å². The molecule has 0 radical (unpaired) electrons. The maximum Gasteiger partial charge on any atom is 0.474 e. The molecule has 11 heteroatoms. The molecule has 1 aliphatic heterocycles. The topological polar surface area (TPSA) is 163 Å². The van der Waals surface area contributed by atoms with Crippen molar-refractivity contribution in [3.05, 3.63) is 140 Å². The summed E-state index contributed by atoms with van der Waals surface area (Å²) >= 11 is 0. The molecule has 5 N–H and O–H groups in total. The van der Waals surface area contributed by atoms with E-state index in [2.05, 4.69) is 150 Å². The van der Waals surface area contributed by atoms with Gasteiger partial charge in [-0.1, -0.05) is 140 Å². The SMILES string of the molecule is CC(C)=CCC/C(C)=C/CC/C(C)=C/CC/C(C)=C\CC/C(C)=C\CC/C(C)=C\CC/C(C)=C\CC/C(C)=C\CC/C(C)=C\CC/C(C)=C\CC/C(C)=C\CC/C(C)=C\COP(=O)(O)O[C@@H]1O[C@H](C(=O)O)[C@H](O)[C@H](O)[C@H]1O. The summed E-state index contributed by atoms with van der Waals surface area (Å²) in [5, 5.41) is 38.9. The van der Waals surface area contributed by atoms with Gasteiger partial charge in [0.25, 0.3) is 0 Å². The first-order valence-electron chi connectivity index (χ1n) is 28.8. The molecule has 0 aromatic heterocycles. The summed E-state index contributed by atoms with van der Waals surface area (Å²) in [6.45, 7) is 28.5. The molecule has 436 valence electrons. The number of allylic oxidation sites excluding steroid dienone is 23.